The molecule has 2 saturated heterocycles. The standard InChI is InChI=1S/C13H24N2O3/c16-13(17)7-14-6-11-2-1-4-15(8-11)9-12-3-5-18-10-12/h11-12,14H,1-10H2,(H,16,17). The molecule has 0 saturated carbocycles. The number of hydrogen-bond acceptors (Lipinski definition) is 4. The first-order valence-corrected chi connectivity index (χ1v) is 6.96. The summed E-state index contributed by atoms with van der Waals surface area (Å²) in [7, 11) is 0. The van der Waals surface area contributed by atoms with Crippen molar-refractivity contribution in [3.63, 3.8) is 0 Å². The summed E-state index contributed by atoms with van der Waals surface area (Å²) in [6.45, 7) is 6.17. The van der Waals surface area contributed by atoms with Crippen molar-refractivity contribution < 1.29 is 14.6 Å². The van der Waals surface area contributed by atoms with E-state index in [1.165, 1.54) is 25.8 Å². The average Bonchev–Trinajstić information content (AvgIpc) is 2.82. The van der Waals surface area contributed by atoms with Crippen LogP contribution < -0.4 is 5.32 Å². The number of aliphatic carboxylic acids is 1. The van der Waals surface area contributed by atoms with Crippen LogP contribution in [0.4, 0.5) is 0 Å². The molecule has 2 fully saturated rings. The van der Waals surface area contributed by atoms with E-state index in [2.05, 4.69) is 10.2 Å². The van der Waals surface area contributed by atoms with Gasteiger partial charge in [-0.2, -0.15) is 0 Å². The normalized spacial score (nSPS) is 29.6. The van der Waals surface area contributed by atoms with Crippen molar-refractivity contribution in [3.05, 3.63) is 0 Å². The van der Waals surface area contributed by atoms with Crippen molar-refractivity contribution in [2.75, 3.05) is 45.9 Å². The summed E-state index contributed by atoms with van der Waals surface area (Å²) in [5, 5.41) is 11.6. The SMILES string of the molecule is O=C(O)CNCC1CCCN(CC2CCOC2)C1. The van der Waals surface area contributed by atoms with Crippen molar-refractivity contribution in [3.8, 4) is 0 Å². The third-order valence-electron chi connectivity index (χ3n) is 3.85. The first-order valence-electron chi connectivity index (χ1n) is 6.96. The third kappa shape index (κ3) is 4.55. The van der Waals surface area contributed by atoms with Crippen LogP contribution in [0.2, 0.25) is 0 Å². The number of carboxylic acid groups (broad SMARTS) is 1. The Labute approximate surface area is 108 Å². The highest BCUT2D eigenvalue weighted by atomic mass is 16.5. The van der Waals surface area contributed by atoms with Gasteiger partial charge in [0, 0.05) is 19.7 Å². The van der Waals surface area contributed by atoms with Crippen LogP contribution >= 0.6 is 0 Å². The summed E-state index contributed by atoms with van der Waals surface area (Å²) in [5.41, 5.74) is 0. The molecule has 2 atom stereocenters. The smallest absolute Gasteiger partial charge is 0.317 e. The van der Waals surface area contributed by atoms with Gasteiger partial charge in [0.1, 0.15) is 0 Å². The van der Waals surface area contributed by atoms with Gasteiger partial charge in [0.05, 0.1) is 13.2 Å². The van der Waals surface area contributed by atoms with Gasteiger partial charge in [-0.15, -0.1) is 0 Å². The van der Waals surface area contributed by atoms with Gasteiger partial charge in [-0.1, -0.05) is 0 Å². The predicted octanol–water partition coefficient (Wildman–Crippen LogP) is 0.409. The zero-order chi connectivity index (χ0) is 12.8. The summed E-state index contributed by atoms with van der Waals surface area (Å²) in [6.07, 6.45) is 3.63. The summed E-state index contributed by atoms with van der Waals surface area (Å²) < 4.78 is 5.41. The number of piperidine rings is 1. The minimum Gasteiger partial charge on any atom is -0.480 e. The lowest BCUT2D eigenvalue weighted by Crippen LogP contribution is -2.42. The minimum atomic E-state index is -0.772. The van der Waals surface area contributed by atoms with Crippen LogP contribution in [0.5, 0.6) is 0 Å². The Kier molecular flexibility index (Phi) is 5.41. The average molecular weight is 256 g/mol. The van der Waals surface area contributed by atoms with Gasteiger partial charge in [-0.05, 0) is 44.2 Å². The molecule has 0 spiro atoms. The highest BCUT2D eigenvalue weighted by molar-refractivity contribution is 5.68. The molecule has 0 bridgehead atoms. The van der Waals surface area contributed by atoms with E-state index in [1.807, 2.05) is 0 Å². The van der Waals surface area contributed by atoms with Crippen LogP contribution in [-0.4, -0.2) is 61.9 Å². The lowest BCUT2D eigenvalue weighted by atomic mass is 9.96. The van der Waals surface area contributed by atoms with Gasteiger partial charge < -0.3 is 20.1 Å². The second kappa shape index (κ2) is 7.07. The second-order valence-corrected chi connectivity index (χ2v) is 5.52. The number of hydrogen-bond donors (Lipinski definition) is 2. The number of ether oxygens (including phenoxy) is 1. The molecule has 5 nitrogen and oxygen atoms in total. The Balaban J connectivity index is 1.65. The number of nitrogens with one attached hydrogen (secondary N) is 1. The monoisotopic (exact) mass is 256 g/mol. The Morgan fingerprint density at radius 3 is 3.00 bits per heavy atom. The molecule has 0 aromatic heterocycles. The number of likely N-dealkylation sites (tertiary alicyclic amines) is 1. The van der Waals surface area contributed by atoms with Gasteiger partial charge in [-0.25, -0.2) is 0 Å². The van der Waals surface area contributed by atoms with Crippen LogP contribution in [0.1, 0.15) is 19.3 Å². The third-order valence-corrected chi connectivity index (χ3v) is 3.85. The molecule has 18 heavy (non-hydrogen) atoms. The molecule has 0 aromatic rings. The van der Waals surface area contributed by atoms with Crippen molar-refractivity contribution in [1.29, 1.82) is 0 Å². The summed E-state index contributed by atoms with van der Waals surface area (Å²) in [6, 6.07) is 0. The molecule has 2 unspecified atom stereocenters. The van der Waals surface area contributed by atoms with E-state index in [4.69, 9.17) is 9.84 Å². The zero-order valence-electron chi connectivity index (χ0n) is 10.9. The number of carbonyl (C=O) groups is 1. The fraction of sp³-hybridized carbons (Fsp3) is 0.923. The van der Waals surface area contributed by atoms with E-state index >= 15 is 0 Å². The van der Waals surface area contributed by atoms with Crippen LogP contribution in [0.25, 0.3) is 0 Å². The van der Waals surface area contributed by atoms with Crippen LogP contribution in [0, 0.1) is 11.8 Å². The maximum absolute atomic E-state index is 10.4. The van der Waals surface area contributed by atoms with Crippen molar-refractivity contribution in [1.82, 2.24) is 10.2 Å². The van der Waals surface area contributed by atoms with Crippen molar-refractivity contribution in [2.24, 2.45) is 11.8 Å². The first-order chi connectivity index (χ1) is 8.74. The molecule has 2 rings (SSSR count). The molecular formula is C13H24N2O3. The predicted molar refractivity (Wildman–Crippen MR) is 68.6 cm³/mol. The van der Waals surface area contributed by atoms with E-state index in [1.54, 1.807) is 0 Å². The van der Waals surface area contributed by atoms with E-state index in [9.17, 15) is 4.79 Å². The maximum atomic E-state index is 10.4. The van der Waals surface area contributed by atoms with E-state index in [0.717, 1.165) is 32.8 Å². The molecular weight excluding hydrogens is 232 g/mol. The Morgan fingerprint density at radius 2 is 2.28 bits per heavy atom. The molecule has 2 aliphatic heterocycles. The van der Waals surface area contributed by atoms with Crippen molar-refractivity contribution >= 4 is 5.97 Å². The molecule has 2 heterocycles. The number of rotatable bonds is 6. The second-order valence-electron chi connectivity index (χ2n) is 5.52. The molecule has 104 valence electrons. The lowest BCUT2D eigenvalue weighted by molar-refractivity contribution is -0.136. The van der Waals surface area contributed by atoms with E-state index in [0.29, 0.717) is 11.8 Å². The topological polar surface area (TPSA) is 61.8 Å². The lowest BCUT2D eigenvalue weighted by Gasteiger charge is -2.34. The Morgan fingerprint density at radius 1 is 1.39 bits per heavy atom. The van der Waals surface area contributed by atoms with Gasteiger partial charge >= 0.3 is 5.97 Å². The molecule has 0 amide bonds. The van der Waals surface area contributed by atoms with Gasteiger partial charge in [0.2, 0.25) is 0 Å². The molecule has 5 heteroatoms. The summed E-state index contributed by atoms with van der Waals surface area (Å²) >= 11 is 0. The molecule has 0 radical (unpaired) electrons. The Hall–Kier alpha value is -0.650. The highest BCUT2D eigenvalue weighted by Crippen LogP contribution is 2.20. The van der Waals surface area contributed by atoms with Gasteiger partial charge in [0.15, 0.2) is 0 Å². The first kappa shape index (κ1) is 13.8. The quantitative estimate of drug-likeness (QED) is 0.721. The number of carboxylic acids is 1. The Bertz CT molecular complexity index is 267. The van der Waals surface area contributed by atoms with Gasteiger partial charge in [0.25, 0.3) is 0 Å². The van der Waals surface area contributed by atoms with Crippen LogP contribution in [0.15, 0.2) is 0 Å². The van der Waals surface area contributed by atoms with E-state index < -0.39 is 5.97 Å². The fourth-order valence-electron chi connectivity index (χ4n) is 2.96. The largest absolute Gasteiger partial charge is 0.480 e. The van der Waals surface area contributed by atoms with Crippen molar-refractivity contribution in [2.45, 2.75) is 19.3 Å². The fourth-order valence-corrected chi connectivity index (χ4v) is 2.96. The maximum Gasteiger partial charge on any atom is 0.317 e. The van der Waals surface area contributed by atoms with Crippen LogP contribution in [-0.2, 0) is 9.53 Å². The zero-order valence-corrected chi connectivity index (χ0v) is 10.9. The van der Waals surface area contributed by atoms with Gasteiger partial charge in [-0.3, -0.25) is 4.79 Å². The van der Waals surface area contributed by atoms with Crippen LogP contribution in [0.3, 0.4) is 0 Å². The molecule has 2 aliphatic rings. The highest BCUT2D eigenvalue weighted by Gasteiger charge is 2.24. The van der Waals surface area contributed by atoms with E-state index in [-0.39, 0.29) is 6.54 Å². The summed E-state index contributed by atoms with van der Waals surface area (Å²) in [4.78, 5) is 13.0. The summed E-state index contributed by atoms with van der Waals surface area (Å²) in [5.74, 6) is 0.530. The molecule has 0 aromatic carbocycles. The number of nitrogens with zero attached hydrogens (tertiary/aromatic N) is 1. The molecule has 0 aliphatic carbocycles. The minimum absolute atomic E-state index is 0.0764. The molecule has 2 N–H and O–H groups in total.